The van der Waals surface area contributed by atoms with Gasteiger partial charge in [-0.3, -0.25) is 0 Å². The van der Waals surface area contributed by atoms with E-state index in [4.69, 9.17) is 0 Å². The lowest BCUT2D eigenvalue weighted by Crippen LogP contribution is -2.15. The second kappa shape index (κ2) is 19.3. The van der Waals surface area contributed by atoms with Gasteiger partial charge in [-0.15, -0.1) is 0 Å². The predicted molar refractivity (Wildman–Crippen MR) is 140 cm³/mol. The van der Waals surface area contributed by atoms with Crippen LogP contribution in [-0.2, 0) is 4.79 Å². The Balaban J connectivity index is 0.000000681. The van der Waals surface area contributed by atoms with Crippen molar-refractivity contribution < 1.29 is 4.79 Å². The molecule has 2 atom stereocenters. The zero-order chi connectivity index (χ0) is 23.5. The molecule has 0 saturated heterocycles. The molecule has 0 spiro atoms. The number of rotatable bonds is 9. The lowest BCUT2D eigenvalue weighted by molar-refractivity contribution is -0.114. The lowest BCUT2D eigenvalue weighted by atomic mass is 9.78. The van der Waals surface area contributed by atoms with Crippen molar-refractivity contribution in [2.75, 3.05) is 0 Å². The van der Waals surface area contributed by atoms with E-state index >= 15 is 0 Å². The SMILES string of the molecule is C/C(=C\C(CC(C)C)C1C=CCCC1)C1=CCCC=C1.CC(C)=O.CCCCCCC. The Labute approximate surface area is 195 Å². The minimum atomic E-state index is 0.167. The molecule has 0 heterocycles. The molecule has 0 radical (unpaired) electrons. The molecular weight excluding hydrogens is 376 g/mol. The number of hydrogen-bond donors (Lipinski definition) is 0. The summed E-state index contributed by atoms with van der Waals surface area (Å²) in [5, 5.41) is 0. The van der Waals surface area contributed by atoms with Crippen LogP contribution in [0.2, 0.25) is 0 Å². The van der Waals surface area contributed by atoms with E-state index in [0.29, 0.717) is 5.92 Å². The summed E-state index contributed by atoms with van der Waals surface area (Å²) < 4.78 is 0. The van der Waals surface area contributed by atoms with Crippen LogP contribution in [0, 0.1) is 17.8 Å². The van der Waals surface area contributed by atoms with Crippen LogP contribution in [0.4, 0.5) is 0 Å². The number of Topliss-reactive ketones (excluding diaryl/α,β-unsaturated/α-hetero) is 1. The molecule has 2 rings (SSSR count). The van der Waals surface area contributed by atoms with Crippen molar-refractivity contribution in [1.29, 1.82) is 0 Å². The summed E-state index contributed by atoms with van der Waals surface area (Å²) >= 11 is 0. The molecule has 1 nitrogen and oxygen atoms in total. The number of ketones is 1. The van der Waals surface area contributed by atoms with Gasteiger partial charge in [-0.05, 0) is 88.2 Å². The van der Waals surface area contributed by atoms with Crippen LogP contribution in [0.1, 0.15) is 119 Å². The summed E-state index contributed by atoms with van der Waals surface area (Å²) in [5.41, 5.74) is 2.93. The topological polar surface area (TPSA) is 17.1 Å². The Morgan fingerprint density at radius 1 is 1.00 bits per heavy atom. The van der Waals surface area contributed by atoms with Crippen molar-refractivity contribution in [2.45, 2.75) is 119 Å². The number of carbonyl (C=O) groups is 1. The lowest BCUT2D eigenvalue weighted by Gasteiger charge is -2.27. The minimum absolute atomic E-state index is 0.167. The summed E-state index contributed by atoms with van der Waals surface area (Å²) in [4.78, 5) is 9.44. The smallest absolute Gasteiger partial charge is 0.126 e. The fourth-order valence-electron chi connectivity index (χ4n) is 4.11. The Kier molecular flexibility index (Phi) is 18.5. The third-order valence-corrected chi connectivity index (χ3v) is 5.71. The fraction of sp³-hybridized carbons (Fsp3) is 0.700. The summed E-state index contributed by atoms with van der Waals surface area (Å²) in [6.45, 7) is 14.5. The maximum Gasteiger partial charge on any atom is 0.126 e. The zero-order valence-corrected chi connectivity index (χ0v) is 21.9. The van der Waals surface area contributed by atoms with Crippen LogP contribution in [0.5, 0.6) is 0 Å². The molecule has 0 aromatic rings. The number of carbonyl (C=O) groups excluding carboxylic acids is 1. The van der Waals surface area contributed by atoms with Gasteiger partial charge in [0.15, 0.2) is 0 Å². The van der Waals surface area contributed by atoms with Crippen LogP contribution in [0.15, 0.2) is 47.6 Å². The molecule has 0 fully saturated rings. The summed E-state index contributed by atoms with van der Waals surface area (Å²) in [6.07, 6.45) is 29.2. The molecule has 0 N–H and O–H groups in total. The highest BCUT2D eigenvalue weighted by Gasteiger charge is 2.20. The normalized spacial score (nSPS) is 19.0. The molecule has 0 aliphatic heterocycles. The molecule has 0 bridgehead atoms. The molecule has 2 aliphatic carbocycles. The van der Waals surface area contributed by atoms with Gasteiger partial charge in [-0.2, -0.15) is 0 Å². The number of hydrogen-bond acceptors (Lipinski definition) is 1. The van der Waals surface area contributed by atoms with Crippen LogP contribution < -0.4 is 0 Å². The molecule has 0 saturated carbocycles. The second-order valence-electron chi connectivity index (χ2n) is 9.77. The first-order valence-electron chi connectivity index (χ1n) is 13.0. The Bertz CT molecular complexity index is 565. The van der Waals surface area contributed by atoms with Gasteiger partial charge in [0, 0.05) is 0 Å². The third kappa shape index (κ3) is 16.9. The first-order chi connectivity index (χ1) is 14.8. The maximum atomic E-state index is 9.44. The van der Waals surface area contributed by atoms with E-state index < -0.39 is 0 Å². The molecule has 31 heavy (non-hydrogen) atoms. The van der Waals surface area contributed by atoms with Gasteiger partial charge in [0.25, 0.3) is 0 Å². The standard InChI is InChI=1S/C20H30.C7H16.C3H6O/c1-16(2)14-20(19-12-8-5-9-13-19)15-17(3)18-10-6-4-7-11-18;1-3-5-7-6-4-2;1-3(2)4/h6,8,10-12,15-16,19-20H,4-5,7,9,13-14H2,1-3H3;3-7H2,1-2H3;1-2H3/b17-15+;;. The van der Waals surface area contributed by atoms with Gasteiger partial charge < -0.3 is 4.79 Å². The monoisotopic (exact) mass is 428 g/mol. The summed E-state index contributed by atoms with van der Waals surface area (Å²) in [6, 6.07) is 0. The minimum Gasteiger partial charge on any atom is -0.300 e. The van der Waals surface area contributed by atoms with Crippen LogP contribution >= 0.6 is 0 Å². The molecule has 0 amide bonds. The third-order valence-electron chi connectivity index (χ3n) is 5.71. The first kappa shape index (κ1) is 29.6. The molecular formula is C30H52O. The van der Waals surface area contributed by atoms with Crippen molar-refractivity contribution in [2.24, 2.45) is 17.8 Å². The second-order valence-corrected chi connectivity index (χ2v) is 9.77. The Morgan fingerprint density at radius 3 is 2.10 bits per heavy atom. The van der Waals surface area contributed by atoms with Crippen LogP contribution in [-0.4, -0.2) is 5.78 Å². The summed E-state index contributed by atoms with van der Waals surface area (Å²) in [5.74, 6) is 2.41. The van der Waals surface area contributed by atoms with E-state index in [0.717, 1.165) is 11.8 Å². The van der Waals surface area contributed by atoms with Gasteiger partial charge in [-0.25, -0.2) is 0 Å². The Morgan fingerprint density at radius 2 is 1.65 bits per heavy atom. The van der Waals surface area contributed by atoms with Gasteiger partial charge in [0.2, 0.25) is 0 Å². The molecule has 2 aliphatic rings. The molecule has 2 unspecified atom stereocenters. The predicted octanol–water partition coefficient (Wildman–Crippen LogP) is 9.80. The molecule has 0 aromatic carbocycles. The van der Waals surface area contributed by atoms with Crippen molar-refractivity contribution >= 4 is 5.78 Å². The average Bonchev–Trinajstić information content (AvgIpc) is 2.75. The van der Waals surface area contributed by atoms with Gasteiger partial charge in [-0.1, -0.05) is 96.3 Å². The van der Waals surface area contributed by atoms with E-state index in [1.165, 1.54) is 95.6 Å². The molecule has 0 aromatic heterocycles. The van der Waals surface area contributed by atoms with E-state index in [2.05, 4.69) is 71.1 Å². The van der Waals surface area contributed by atoms with Crippen LogP contribution in [0.25, 0.3) is 0 Å². The maximum absolute atomic E-state index is 9.44. The average molecular weight is 429 g/mol. The number of allylic oxidation sites excluding steroid dienone is 8. The quantitative estimate of drug-likeness (QED) is 0.264. The van der Waals surface area contributed by atoms with Crippen molar-refractivity contribution in [3.8, 4) is 0 Å². The largest absolute Gasteiger partial charge is 0.300 e. The van der Waals surface area contributed by atoms with E-state index in [9.17, 15) is 4.79 Å². The van der Waals surface area contributed by atoms with Crippen molar-refractivity contribution in [1.82, 2.24) is 0 Å². The zero-order valence-electron chi connectivity index (χ0n) is 21.9. The highest BCUT2D eigenvalue weighted by Crippen LogP contribution is 2.32. The van der Waals surface area contributed by atoms with Crippen molar-refractivity contribution in [3.63, 3.8) is 0 Å². The van der Waals surface area contributed by atoms with E-state index in [1.807, 2.05) is 0 Å². The van der Waals surface area contributed by atoms with Crippen LogP contribution in [0.3, 0.4) is 0 Å². The number of unbranched alkanes of at least 4 members (excludes halogenated alkanes) is 4. The highest BCUT2D eigenvalue weighted by molar-refractivity contribution is 5.72. The molecule has 178 valence electrons. The fourth-order valence-corrected chi connectivity index (χ4v) is 4.11. The summed E-state index contributed by atoms with van der Waals surface area (Å²) in [7, 11) is 0. The highest BCUT2D eigenvalue weighted by atomic mass is 16.1. The van der Waals surface area contributed by atoms with E-state index in [1.54, 1.807) is 0 Å². The molecule has 1 heteroatoms. The van der Waals surface area contributed by atoms with Gasteiger partial charge in [0.05, 0.1) is 0 Å². The Hall–Kier alpha value is -1.37. The van der Waals surface area contributed by atoms with Gasteiger partial charge in [0.1, 0.15) is 5.78 Å². The van der Waals surface area contributed by atoms with Gasteiger partial charge >= 0.3 is 0 Å². The van der Waals surface area contributed by atoms with Crippen molar-refractivity contribution in [3.05, 3.63) is 47.6 Å². The van der Waals surface area contributed by atoms with E-state index in [-0.39, 0.29) is 5.78 Å². The first-order valence-corrected chi connectivity index (χ1v) is 13.0.